The highest BCUT2D eigenvalue weighted by atomic mass is 16.5. The Morgan fingerprint density at radius 3 is 2.52 bits per heavy atom. The fourth-order valence-corrected chi connectivity index (χ4v) is 1.80. The molecule has 21 heavy (non-hydrogen) atoms. The summed E-state index contributed by atoms with van der Waals surface area (Å²) in [5.41, 5.74) is 0. The molecule has 1 rings (SSSR count). The van der Waals surface area contributed by atoms with Crippen LogP contribution in [0.25, 0.3) is 0 Å². The molecule has 2 N–H and O–H groups in total. The summed E-state index contributed by atoms with van der Waals surface area (Å²) in [5, 5.41) is 11.4. The van der Waals surface area contributed by atoms with Crippen molar-refractivity contribution in [3.63, 3.8) is 0 Å². The van der Waals surface area contributed by atoms with Crippen molar-refractivity contribution in [1.29, 1.82) is 0 Å². The van der Waals surface area contributed by atoms with Crippen LogP contribution in [0.3, 0.4) is 0 Å². The zero-order valence-electron chi connectivity index (χ0n) is 12.3. The highest BCUT2D eigenvalue weighted by Crippen LogP contribution is 2.25. The molecule has 0 heterocycles. The maximum Gasteiger partial charge on any atom is 0.326 e. The summed E-state index contributed by atoms with van der Waals surface area (Å²) in [6.07, 6.45) is 1.19. The van der Waals surface area contributed by atoms with E-state index in [1.165, 1.54) is 7.11 Å². The molecule has 0 saturated carbocycles. The van der Waals surface area contributed by atoms with Gasteiger partial charge in [-0.05, 0) is 18.6 Å². The number of hydrogen-bond acceptors (Lipinski definition) is 4. The van der Waals surface area contributed by atoms with Crippen LogP contribution in [0.15, 0.2) is 24.3 Å². The van der Waals surface area contributed by atoms with Gasteiger partial charge in [-0.2, -0.15) is 0 Å². The lowest BCUT2D eigenvalue weighted by molar-refractivity contribution is -0.142. The van der Waals surface area contributed by atoms with Gasteiger partial charge in [-0.25, -0.2) is 4.79 Å². The van der Waals surface area contributed by atoms with Gasteiger partial charge in [-0.15, -0.1) is 0 Å². The molecule has 0 aliphatic heterocycles. The van der Waals surface area contributed by atoms with E-state index in [1.54, 1.807) is 18.2 Å². The number of carboxylic acid groups (broad SMARTS) is 1. The molecule has 0 aliphatic rings. The minimum absolute atomic E-state index is 0.0888. The number of ether oxygens (including phenoxy) is 2. The molecule has 0 aliphatic carbocycles. The van der Waals surface area contributed by atoms with Gasteiger partial charge in [0.1, 0.15) is 6.04 Å². The Morgan fingerprint density at radius 1 is 1.29 bits per heavy atom. The number of carbonyl (C=O) groups is 2. The lowest BCUT2D eigenvalue weighted by Gasteiger charge is -2.14. The predicted octanol–water partition coefficient (Wildman–Crippen LogP) is 1.83. The van der Waals surface area contributed by atoms with Crippen LogP contribution in [0, 0.1) is 0 Å². The number of carboxylic acids is 1. The lowest BCUT2D eigenvalue weighted by Crippen LogP contribution is -2.41. The number of rotatable bonds is 9. The van der Waals surface area contributed by atoms with E-state index in [1.807, 2.05) is 13.0 Å². The molecule has 0 bridgehead atoms. The molecule has 0 fully saturated rings. The van der Waals surface area contributed by atoms with Crippen molar-refractivity contribution >= 4 is 11.9 Å². The van der Waals surface area contributed by atoms with E-state index in [0.717, 1.165) is 0 Å². The first-order valence-corrected chi connectivity index (χ1v) is 6.86. The number of methoxy groups -OCH3 is 1. The Bertz CT molecular complexity index is 475. The van der Waals surface area contributed by atoms with Crippen molar-refractivity contribution in [3.8, 4) is 11.5 Å². The van der Waals surface area contributed by atoms with Crippen LogP contribution in [0.2, 0.25) is 0 Å². The van der Waals surface area contributed by atoms with Gasteiger partial charge in [-0.3, -0.25) is 4.79 Å². The maximum absolute atomic E-state index is 11.7. The smallest absolute Gasteiger partial charge is 0.326 e. The van der Waals surface area contributed by atoms with Gasteiger partial charge in [0.15, 0.2) is 11.5 Å². The van der Waals surface area contributed by atoms with E-state index in [0.29, 0.717) is 24.3 Å². The van der Waals surface area contributed by atoms with Gasteiger partial charge in [0.05, 0.1) is 20.1 Å². The number of amides is 1. The molecule has 1 amide bonds. The first-order valence-electron chi connectivity index (χ1n) is 6.86. The first kappa shape index (κ1) is 16.8. The molecule has 6 nitrogen and oxygen atoms in total. The molecule has 116 valence electrons. The van der Waals surface area contributed by atoms with Gasteiger partial charge in [0, 0.05) is 0 Å². The van der Waals surface area contributed by atoms with Crippen molar-refractivity contribution in [3.05, 3.63) is 24.3 Å². The Hall–Kier alpha value is -2.24. The predicted molar refractivity (Wildman–Crippen MR) is 77.6 cm³/mol. The number of benzene rings is 1. The maximum atomic E-state index is 11.7. The van der Waals surface area contributed by atoms with Crippen molar-refractivity contribution in [2.45, 2.75) is 32.2 Å². The average molecular weight is 295 g/mol. The zero-order chi connectivity index (χ0) is 15.7. The SMILES string of the molecule is CCCC(NC(=O)CCOc1ccccc1OC)C(=O)O. The van der Waals surface area contributed by atoms with E-state index in [-0.39, 0.29) is 18.9 Å². The minimum atomic E-state index is -1.02. The van der Waals surface area contributed by atoms with Crippen LogP contribution < -0.4 is 14.8 Å². The molecule has 1 aromatic rings. The van der Waals surface area contributed by atoms with Crippen molar-refractivity contribution in [2.24, 2.45) is 0 Å². The topological polar surface area (TPSA) is 84.9 Å². The van der Waals surface area contributed by atoms with E-state index >= 15 is 0 Å². The summed E-state index contributed by atoms with van der Waals surface area (Å²) in [6, 6.07) is 6.29. The van der Waals surface area contributed by atoms with Gasteiger partial charge in [-0.1, -0.05) is 25.5 Å². The second kappa shape index (κ2) is 8.84. The number of hydrogen-bond donors (Lipinski definition) is 2. The zero-order valence-corrected chi connectivity index (χ0v) is 12.3. The Balaban J connectivity index is 2.41. The van der Waals surface area contributed by atoms with Crippen LogP contribution in [0.5, 0.6) is 11.5 Å². The highest BCUT2D eigenvalue weighted by Gasteiger charge is 2.18. The Morgan fingerprint density at radius 2 is 1.95 bits per heavy atom. The van der Waals surface area contributed by atoms with E-state index in [9.17, 15) is 9.59 Å². The van der Waals surface area contributed by atoms with Crippen LogP contribution in [0.4, 0.5) is 0 Å². The van der Waals surface area contributed by atoms with Crippen LogP contribution in [0.1, 0.15) is 26.2 Å². The second-order valence-electron chi connectivity index (χ2n) is 4.50. The molecule has 0 aromatic heterocycles. The van der Waals surface area contributed by atoms with E-state index in [2.05, 4.69) is 5.32 Å². The van der Waals surface area contributed by atoms with Gasteiger partial charge in [0.2, 0.25) is 5.91 Å². The van der Waals surface area contributed by atoms with Gasteiger partial charge < -0.3 is 19.9 Å². The molecule has 1 aromatic carbocycles. The summed E-state index contributed by atoms with van der Waals surface area (Å²) in [4.78, 5) is 22.6. The van der Waals surface area contributed by atoms with Crippen molar-refractivity contribution in [2.75, 3.05) is 13.7 Å². The molecular weight excluding hydrogens is 274 g/mol. The van der Waals surface area contributed by atoms with E-state index < -0.39 is 12.0 Å². The summed E-state index contributed by atoms with van der Waals surface area (Å²) in [5.74, 6) is -0.218. The summed E-state index contributed by atoms with van der Waals surface area (Å²) < 4.78 is 10.6. The van der Waals surface area contributed by atoms with Crippen molar-refractivity contribution in [1.82, 2.24) is 5.32 Å². The highest BCUT2D eigenvalue weighted by molar-refractivity contribution is 5.83. The summed E-state index contributed by atoms with van der Waals surface area (Å²) in [6.45, 7) is 2.03. The lowest BCUT2D eigenvalue weighted by atomic mass is 10.1. The minimum Gasteiger partial charge on any atom is -0.493 e. The van der Waals surface area contributed by atoms with Gasteiger partial charge >= 0.3 is 5.97 Å². The monoisotopic (exact) mass is 295 g/mol. The normalized spacial score (nSPS) is 11.5. The Labute approximate surface area is 124 Å². The molecular formula is C15H21NO5. The summed E-state index contributed by atoms with van der Waals surface area (Å²) >= 11 is 0. The molecule has 0 spiro atoms. The fraction of sp³-hybridized carbons (Fsp3) is 0.467. The van der Waals surface area contributed by atoms with Crippen molar-refractivity contribution < 1.29 is 24.2 Å². The quantitative estimate of drug-likeness (QED) is 0.726. The number of nitrogens with one attached hydrogen (secondary N) is 1. The largest absolute Gasteiger partial charge is 0.493 e. The molecule has 1 unspecified atom stereocenters. The molecule has 6 heteroatoms. The third kappa shape index (κ3) is 5.72. The second-order valence-corrected chi connectivity index (χ2v) is 4.50. The fourth-order valence-electron chi connectivity index (χ4n) is 1.80. The standard InChI is InChI=1S/C15H21NO5/c1-3-6-11(15(18)19)16-14(17)9-10-21-13-8-5-4-7-12(13)20-2/h4-5,7-8,11H,3,6,9-10H2,1-2H3,(H,16,17)(H,18,19). The third-order valence-corrected chi connectivity index (χ3v) is 2.87. The number of para-hydroxylation sites is 2. The number of carbonyl (C=O) groups excluding carboxylic acids is 1. The average Bonchev–Trinajstić information content (AvgIpc) is 2.47. The Kier molecular flexibility index (Phi) is 7.08. The first-order chi connectivity index (χ1) is 10.1. The van der Waals surface area contributed by atoms with Crippen LogP contribution in [-0.2, 0) is 9.59 Å². The summed E-state index contributed by atoms with van der Waals surface area (Å²) in [7, 11) is 1.54. The molecule has 1 atom stereocenters. The number of aliphatic carboxylic acids is 1. The van der Waals surface area contributed by atoms with E-state index in [4.69, 9.17) is 14.6 Å². The molecule has 0 radical (unpaired) electrons. The van der Waals surface area contributed by atoms with Crippen LogP contribution >= 0.6 is 0 Å². The third-order valence-electron chi connectivity index (χ3n) is 2.87. The van der Waals surface area contributed by atoms with Crippen LogP contribution in [-0.4, -0.2) is 36.7 Å². The van der Waals surface area contributed by atoms with Gasteiger partial charge in [0.25, 0.3) is 0 Å². The molecule has 0 saturated heterocycles.